The number of ketones is 1. The molecule has 29 heavy (non-hydrogen) atoms. The summed E-state index contributed by atoms with van der Waals surface area (Å²) in [6.07, 6.45) is 31.1. The Morgan fingerprint density at radius 3 is 1.66 bits per heavy atom. The van der Waals surface area contributed by atoms with Crippen LogP contribution in [0.1, 0.15) is 71.1 Å². The van der Waals surface area contributed by atoms with Gasteiger partial charge in [0.25, 0.3) is 0 Å². The van der Waals surface area contributed by atoms with Gasteiger partial charge < -0.3 is 15.3 Å². The van der Waals surface area contributed by atoms with Gasteiger partial charge in [-0.2, -0.15) is 0 Å². The highest BCUT2D eigenvalue weighted by Crippen LogP contribution is 2.10. The Balaban J connectivity index is 3.76. The fourth-order valence-electron chi connectivity index (χ4n) is 2.64. The average Bonchev–Trinajstić information content (AvgIpc) is 2.74. The topological polar surface area (TPSA) is 77.8 Å². The standard InChI is InChI=1S/C25H40O4/c1-2-3-4-5-6-7-8-9-10-11-12-13-14-15-16-17-18-19-20-21-24(28)25(29,22-26)23-27/h12-21,26-27,29H,2-11,22-23H2,1H3. The summed E-state index contributed by atoms with van der Waals surface area (Å²) in [6, 6.07) is 0. The Morgan fingerprint density at radius 2 is 1.14 bits per heavy atom. The Morgan fingerprint density at radius 1 is 0.690 bits per heavy atom. The van der Waals surface area contributed by atoms with Crippen LogP contribution in [0.3, 0.4) is 0 Å². The molecule has 0 aliphatic heterocycles. The summed E-state index contributed by atoms with van der Waals surface area (Å²) in [5.41, 5.74) is -2.11. The lowest BCUT2D eigenvalue weighted by atomic mass is 10.0. The third-order valence-corrected chi connectivity index (χ3v) is 4.62. The minimum atomic E-state index is -2.11. The van der Waals surface area contributed by atoms with E-state index in [-0.39, 0.29) is 0 Å². The Hall–Kier alpha value is -1.75. The summed E-state index contributed by atoms with van der Waals surface area (Å²) in [5.74, 6) is -0.729. The summed E-state index contributed by atoms with van der Waals surface area (Å²) >= 11 is 0. The van der Waals surface area contributed by atoms with Crippen LogP contribution >= 0.6 is 0 Å². The van der Waals surface area contributed by atoms with Gasteiger partial charge in [0.15, 0.2) is 11.4 Å². The minimum Gasteiger partial charge on any atom is -0.393 e. The highest BCUT2D eigenvalue weighted by Gasteiger charge is 2.32. The van der Waals surface area contributed by atoms with Gasteiger partial charge in [-0.15, -0.1) is 0 Å². The molecule has 0 amide bonds. The molecule has 0 radical (unpaired) electrons. The molecule has 0 rings (SSSR count). The van der Waals surface area contributed by atoms with Gasteiger partial charge in [-0.05, 0) is 18.9 Å². The lowest BCUT2D eigenvalue weighted by molar-refractivity contribution is -0.141. The van der Waals surface area contributed by atoms with Gasteiger partial charge >= 0.3 is 0 Å². The first-order valence-electron chi connectivity index (χ1n) is 10.9. The number of carbonyl (C=O) groups is 1. The molecule has 0 bridgehead atoms. The number of aliphatic hydroxyl groups is 3. The predicted molar refractivity (Wildman–Crippen MR) is 122 cm³/mol. The van der Waals surface area contributed by atoms with E-state index >= 15 is 0 Å². The van der Waals surface area contributed by atoms with Crippen molar-refractivity contribution in [2.24, 2.45) is 0 Å². The van der Waals surface area contributed by atoms with Gasteiger partial charge in [0.1, 0.15) is 0 Å². The summed E-state index contributed by atoms with van der Waals surface area (Å²) in [7, 11) is 0. The minimum absolute atomic E-state index is 0.729. The largest absolute Gasteiger partial charge is 0.393 e. The second-order valence-electron chi connectivity index (χ2n) is 7.27. The molecule has 4 heteroatoms. The van der Waals surface area contributed by atoms with Crippen molar-refractivity contribution >= 4 is 5.78 Å². The maximum atomic E-state index is 11.6. The van der Waals surface area contributed by atoms with Crippen LogP contribution in [0, 0.1) is 0 Å². The maximum absolute atomic E-state index is 11.6. The predicted octanol–water partition coefficient (Wildman–Crippen LogP) is 4.97. The second-order valence-corrected chi connectivity index (χ2v) is 7.27. The molecule has 0 aliphatic rings. The molecule has 0 aromatic heterocycles. The number of rotatable bonds is 18. The van der Waals surface area contributed by atoms with Crippen LogP contribution in [0.4, 0.5) is 0 Å². The lowest BCUT2D eigenvalue weighted by Crippen LogP contribution is -2.45. The molecule has 164 valence electrons. The quantitative estimate of drug-likeness (QED) is 0.171. The van der Waals surface area contributed by atoms with E-state index in [1.54, 1.807) is 12.2 Å². The molecule has 0 aromatic carbocycles. The van der Waals surface area contributed by atoms with Crippen LogP contribution in [0.5, 0.6) is 0 Å². The number of carbonyl (C=O) groups excluding carboxylic acids is 1. The van der Waals surface area contributed by atoms with Crippen LogP contribution in [0.15, 0.2) is 60.8 Å². The van der Waals surface area contributed by atoms with Crippen molar-refractivity contribution in [1.29, 1.82) is 0 Å². The molecule has 0 saturated carbocycles. The monoisotopic (exact) mass is 404 g/mol. The Bertz CT molecular complexity index is 537. The molecule has 0 unspecified atom stereocenters. The van der Waals surface area contributed by atoms with Crippen molar-refractivity contribution in [3.05, 3.63) is 60.8 Å². The van der Waals surface area contributed by atoms with Crippen molar-refractivity contribution in [1.82, 2.24) is 0 Å². The molecule has 0 saturated heterocycles. The zero-order chi connectivity index (χ0) is 21.6. The van der Waals surface area contributed by atoms with Crippen molar-refractivity contribution < 1.29 is 20.1 Å². The van der Waals surface area contributed by atoms with Gasteiger partial charge in [-0.1, -0.05) is 113 Å². The van der Waals surface area contributed by atoms with E-state index in [2.05, 4.69) is 19.1 Å². The van der Waals surface area contributed by atoms with Crippen LogP contribution in [0.2, 0.25) is 0 Å². The normalized spacial score (nSPS) is 13.2. The van der Waals surface area contributed by atoms with Gasteiger partial charge in [0, 0.05) is 0 Å². The number of hydrogen-bond acceptors (Lipinski definition) is 4. The van der Waals surface area contributed by atoms with Crippen molar-refractivity contribution in [3.8, 4) is 0 Å². The lowest BCUT2D eigenvalue weighted by Gasteiger charge is -2.18. The van der Waals surface area contributed by atoms with Gasteiger partial charge in [0.05, 0.1) is 13.2 Å². The molecule has 4 nitrogen and oxygen atoms in total. The molecular weight excluding hydrogens is 364 g/mol. The second kappa shape index (κ2) is 19.6. The zero-order valence-electron chi connectivity index (χ0n) is 18.0. The fourth-order valence-corrected chi connectivity index (χ4v) is 2.64. The number of aliphatic hydroxyl groups excluding tert-OH is 2. The summed E-state index contributed by atoms with van der Waals surface area (Å²) < 4.78 is 0. The average molecular weight is 405 g/mol. The van der Waals surface area contributed by atoms with E-state index in [9.17, 15) is 9.90 Å². The molecule has 0 spiro atoms. The highest BCUT2D eigenvalue weighted by molar-refractivity contribution is 5.97. The van der Waals surface area contributed by atoms with E-state index in [0.29, 0.717) is 0 Å². The Kier molecular flexibility index (Phi) is 18.4. The first-order chi connectivity index (χ1) is 14.1. The van der Waals surface area contributed by atoms with Crippen LogP contribution in [0.25, 0.3) is 0 Å². The SMILES string of the molecule is CCCCCCCCCCCC=CC=CC=CC=CC=CC(=O)C(O)(CO)CO. The van der Waals surface area contributed by atoms with E-state index in [1.807, 2.05) is 24.3 Å². The van der Waals surface area contributed by atoms with E-state index in [1.165, 1.54) is 63.9 Å². The van der Waals surface area contributed by atoms with Gasteiger partial charge in [0.2, 0.25) is 0 Å². The highest BCUT2D eigenvalue weighted by atomic mass is 16.4. The van der Waals surface area contributed by atoms with Crippen LogP contribution in [-0.2, 0) is 4.79 Å². The van der Waals surface area contributed by atoms with Crippen LogP contribution < -0.4 is 0 Å². The van der Waals surface area contributed by atoms with Crippen LogP contribution in [-0.4, -0.2) is 39.9 Å². The summed E-state index contributed by atoms with van der Waals surface area (Å²) in [5, 5.41) is 27.4. The molecule has 0 aromatic rings. The van der Waals surface area contributed by atoms with Crippen molar-refractivity contribution in [2.75, 3.05) is 13.2 Å². The molecule has 3 N–H and O–H groups in total. The summed E-state index contributed by atoms with van der Waals surface area (Å²) in [6.45, 7) is 0.630. The molecule has 0 aliphatic carbocycles. The zero-order valence-corrected chi connectivity index (χ0v) is 18.0. The molecule has 0 heterocycles. The number of hydrogen-bond donors (Lipinski definition) is 3. The maximum Gasteiger partial charge on any atom is 0.191 e. The molecular formula is C25H40O4. The van der Waals surface area contributed by atoms with Crippen molar-refractivity contribution in [2.45, 2.75) is 76.7 Å². The smallest absolute Gasteiger partial charge is 0.191 e. The molecule has 0 atom stereocenters. The number of unbranched alkanes of at least 4 members (excludes halogenated alkanes) is 9. The fraction of sp³-hybridized carbons (Fsp3) is 0.560. The first kappa shape index (κ1) is 27.2. The Labute approximate surface area is 177 Å². The van der Waals surface area contributed by atoms with E-state index < -0.39 is 24.6 Å². The van der Waals surface area contributed by atoms with Gasteiger partial charge in [-0.25, -0.2) is 0 Å². The van der Waals surface area contributed by atoms with E-state index in [0.717, 1.165) is 12.5 Å². The summed E-state index contributed by atoms with van der Waals surface area (Å²) in [4.78, 5) is 11.6. The number of allylic oxidation sites excluding steroid dienone is 9. The third kappa shape index (κ3) is 15.8. The third-order valence-electron chi connectivity index (χ3n) is 4.62. The molecule has 0 fully saturated rings. The van der Waals surface area contributed by atoms with Gasteiger partial charge in [-0.3, -0.25) is 4.79 Å². The van der Waals surface area contributed by atoms with E-state index in [4.69, 9.17) is 10.2 Å². The first-order valence-corrected chi connectivity index (χ1v) is 10.9. The van der Waals surface area contributed by atoms with Crippen molar-refractivity contribution in [3.63, 3.8) is 0 Å².